The largest absolute Gasteiger partial charge is 0.478 e. The van der Waals surface area contributed by atoms with Gasteiger partial charge in [-0.1, -0.05) is 11.6 Å². The molecule has 5 N–H and O–H groups in total. The summed E-state index contributed by atoms with van der Waals surface area (Å²) in [7, 11) is -4.28. The molecule has 8 nitrogen and oxygen atoms in total. The molecular formula is C14H11ClN2O6S. The molecule has 0 bridgehead atoms. The third-order valence-electron chi connectivity index (χ3n) is 2.97. The normalized spacial score (nSPS) is 11.0. The molecule has 0 saturated heterocycles. The lowest BCUT2D eigenvalue weighted by Crippen LogP contribution is -2.17. The van der Waals surface area contributed by atoms with Crippen LogP contribution < -0.4 is 10.5 Å². The molecule has 0 aliphatic heterocycles. The monoisotopic (exact) mass is 370 g/mol. The zero-order valence-electron chi connectivity index (χ0n) is 11.9. The second-order valence-corrected chi connectivity index (χ2v) is 6.72. The first kappa shape index (κ1) is 17.6. The number of sulfonamides is 1. The summed E-state index contributed by atoms with van der Waals surface area (Å²) in [6.07, 6.45) is 0. The van der Waals surface area contributed by atoms with Gasteiger partial charge in [-0.05, 0) is 36.4 Å². The number of rotatable bonds is 5. The van der Waals surface area contributed by atoms with E-state index in [9.17, 15) is 18.0 Å². The summed E-state index contributed by atoms with van der Waals surface area (Å²) in [5.74, 6) is -2.80. The van der Waals surface area contributed by atoms with Gasteiger partial charge in [-0.3, -0.25) is 4.72 Å². The van der Waals surface area contributed by atoms with E-state index in [4.69, 9.17) is 27.5 Å². The molecule has 0 atom stereocenters. The maximum atomic E-state index is 12.4. The van der Waals surface area contributed by atoms with E-state index < -0.39 is 32.4 Å². The van der Waals surface area contributed by atoms with E-state index in [0.717, 1.165) is 18.2 Å². The van der Waals surface area contributed by atoms with Crippen LogP contribution in [-0.2, 0) is 10.0 Å². The van der Waals surface area contributed by atoms with E-state index >= 15 is 0 Å². The summed E-state index contributed by atoms with van der Waals surface area (Å²) in [6.45, 7) is 0. The summed E-state index contributed by atoms with van der Waals surface area (Å²) in [4.78, 5) is 21.8. The molecule has 0 aromatic heterocycles. The lowest BCUT2D eigenvalue weighted by molar-refractivity contribution is 0.0684. The zero-order chi connectivity index (χ0) is 18.1. The molecule has 0 saturated carbocycles. The van der Waals surface area contributed by atoms with E-state index in [0.29, 0.717) is 0 Å². The van der Waals surface area contributed by atoms with Crippen LogP contribution in [0.5, 0.6) is 0 Å². The summed E-state index contributed by atoms with van der Waals surface area (Å²) < 4.78 is 26.9. The Bertz CT molecular complexity index is 942. The number of carboxylic acid groups (broad SMARTS) is 2. The highest BCUT2D eigenvalue weighted by atomic mass is 35.5. The Kier molecular flexibility index (Phi) is 4.67. The maximum Gasteiger partial charge on any atom is 0.337 e. The van der Waals surface area contributed by atoms with Gasteiger partial charge in [0.05, 0.1) is 16.1 Å². The smallest absolute Gasteiger partial charge is 0.337 e. The second kappa shape index (κ2) is 6.38. The molecule has 0 fully saturated rings. The fraction of sp³-hybridized carbons (Fsp3) is 0. The molecule has 0 heterocycles. The molecule has 2 rings (SSSR count). The van der Waals surface area contributed by atoms with Gasteiger partial charge in [-0.15, -0.1) is 0 Å². The summed E-state index contributed by atoms with van der Waals surface area (Å²) in [5, 5.41) is 18.1. The van der Waals surface area contributed by atoms with Gasteiger partial charge in [-0.2, -0.15) is 0 Å². The van der Waals surface area contributed by atoms with Crippen molar-refractivity contribution in [1.82, 2.24) is 0 Å². The average Bonchev–Trinajstić information content (AvgIpc) is 2.48. The third kappa shape index (κ3) is 3.58. The Balaban J connectivity index is 2.49. The minimum atomic E-state index is -4.28. The number of aromatic carboxylic acids is 2. The molecule has 126 valence electrons. The molecule has 0 spiro atoms. The number of hydrogen-bond acceptors (Lipinski definition) is 5. The van der Waals surface area contributed by atoms with Crippen LogP contribution in [0.1, 0.15) is 20.7 Å². The fourth-order valence-electron chi connectivity index (χ4n) is 1.91. The number of hydrogen-bond donors (Lipinski definition) is 4. The number of carboxylic acids is 2. The molecule has 2 aromatic carbocycles. The van der Waals surface area contributed by atoms with E-state index in [2.05, 4.69) is 4.72 Å². The first-order valence-electron chi connectivity index (χ1n) is 6.30. The third-order valence-corrected chi connectivity index (χ3v) is 4.74. The second-order valence-electron chi connectivity index (χ2n) is 4.67. The van der Waals surface area contributed by atoms with Gasteiger partial charge < -0.3 is 15.9 Å². The number of nitrogens with one attached hydrogen (secondary N) is 1. The quantitative estimate of drug-likeness (QED) is 0.589. The predicted octanol–water partition coefficient (Wildman–Crippen LogP) is 2.12. The van der Waals surface area contributed by atoms with Crippen molar-refractivity contribution in [1.29, 1.82) is 0 Å². The van der Waals surface area contributed by atoms with Crippen molar-refractivity contribution in [2.24, 2.45) is 0 Å². The van der Waals surface area contributed by atoms with Crippen LogP contribution in [0.25, 0.3) is 0 Å². The first-order valence-corrected chi connectivity index (χ1v) is 8.16. The Hall–Kier alpha value is -2.78. The number of anilines is 2. The number of nitrogen functional groups attached to an aromatic ring is 1. The fourth-order valence-corrected chi connectivity index (χ4v) is 3.34. The molecule has 0 amide bonds. The highest BCUT2D eigenvalue weighted by molar-refractivity contribution is 7.92. The Labute approximate surface area is 141 Å². The minimum Gasteiger partial charge on any atom is -0.478 e. The standard InChI is InChI=1S/C14H11ClN2O6S/c15-11-3-2-8(6-9(11)13(18)19)17-24(22,23)12-4-1-7(16)5-10(12)14(20)21/h1-6,17H,16H2,(H,18,19)(H,20,21). The Morgan fingerprint density at radius 3 is 2.21 bits per heavy atom. The van der Waals surface area contributed by atoms with Gasteiger partial charge in [0.15, 0.2) is 0 Å². The van der Waals surface area contributed by atoms with E-state index in [1.165, 1.54) is 18.2 Å². The molecule has 10 heteroatoms. The van der Waals surface area contributed by atoms with Crippen molar-refractivity contribution in [3.05, 3.63) is 52.5 Å². The molecule has 0 unspecified atom stereocenters. The van der Waals surface area contributed by atoms with Gasteiger partial charge in [-0.25, -0.2) is 18.0 Å². The van der Waals surface area contributed by atoms with Gasteiger partial charge in [0.25, 0.3) is 10.0 Å². The van der Waals surface area contributed by atoms with Crippen molar-refractivity contribution >= 4 is 44.9 Å². The summed E-state index contributed by atoms with van der Waals surface area (Å²) >= 11 is 5.71. The van der Waals surface area contributed by atoms with Crippen LogP contribution >= 0.6 is 11.6 Å². The molecule has 2 aromatic rings. The number of halogens is 1. The lowest BCUT2D eigenvalue weighted by atomic mass is 10.2. The van der Waals surface area contributed by atoms with E-state index in [1.807, 2.05) is 0 Å². The Morgan fingerprint density at radius 1 is 1.00 bits per heavy atom. The van der Waals surface area contributed by atoms with Gasteiger partial charge >= 0.3 is 11.9 Å². The number of benzene rings is 2. The summed E-state index contributed by atoms with van der Waals surface area (Å²) in [6, 6.07) is 6.80. The van der Waals surface area contributed by atoms with Crippen molar-refractivity contribution in [2.45, 2.75) is 4.90 Å². The summed E-state index contributed by atoms with van der Waals surface area (Å²) in [5.41, 5.74) is 4.68. The predicted molar refractivity (Wildman–Crippen MR) is 87.0 cm³/mol. The van der Waals surface area contributed by atoms with Gasteiger partial charge in [0.1, 0.15) is 4.90 Å². The highest BCUT2D eigenvalue weighted by Gasteiger charge is 2.23. The van der Waals surface area contributed by atoms with Crippen molar-refractivity contribution in [3.8, 4) is 0 Å². The SMILES string of the molecule is Nc1ccc(S(=O)(=O)Nc2ccc(Cl)c(C(=O)O)c2)c(C(=O)O)c1. The Morgan fingerprint density at radius 2 is 1.62 bits per heavy atom. The van der Waals surface area contributed by atoms with E-state index in [1.54, 1.807) is 0 Å². The van der Waals surface area contributed by atoms with Crippen LogP contribution in [-0.4, -0.2) is 30.6 Å². The van der Waals surface area contributed by atoms with Crippen LogP contribution in [0.3, 0.4) is 0 Å². The van der Waals surface area contributed by atoms with E-state index in [-0.39, 0.29) is 22.0 Å². The maximum absolute atomic E-state index is 12.4. The zero-order valence-corrected chi connectivity index (χ0v) is 13.4. The molecule has 0 aliphatic carbocycles. The van der Waals surface area contributed by atoms with Crippen molar-refractivity contribution in [2.75, 3.05) is 10.5 Å². The minimum absolute atomic E-state index is 0.0656. The van der Waals surface area contributed by atoms with Gasteiger partial charge in [0, 0.05) is 11.4 Å². The number of nitrogens with two attached hydrogens (primary N) is 1. The van der Waals surface area contributed by atoms with Gasteiger partial charge in [0.2, 0.25) is 0 Å². The topological polar surface area (TPSA) is 147 Å². The van der Waals surface area contributed by atoms with Crippen LogP contribution in [0.15, 0.2) is 41.3 Å². The molecule has 0 aliphatic rings. The van der Waals surface area contributed by atoms with Crippen LogP contribution in [0.4, 0.5) is 11.4 Å². The molecule has 0 radical (unpaired) electrons. The first-order chi connectivity index (χ1) is 11.1. The number of carbonyl (C=O) groups is 2. The highest BCUT2D eigenvalue weighted by Crippen LogP contribution is 2.25. The average molecular weight is 371 g/mol. The van der Waals surface area contributed by atoms with Crippen molar-refractivity contribution < 1.29 is 28.2 Å². The van der Waals surface area contributed by atoms with Crippen molar-refractivity contribution in [3.63, 3.8) is 0 Å². The molecule has 24 heavy (non-hydrogen) atoms. The molecular weight excluding hydrogens is 360 g/mol. The van der Waals surface area contributed by atoms with Crippen LogP contribution in [0.2, 0.25) is 5.02 Å². The van der Waals surface area contributed by atoms with Crippen LogP contribution in [0, 0.1) is 0 Å². The lowest BCUT2D eigenvalue weighted by Gasteiger charge is -2.12.